The molecule has 4 aliphatic rings. The Balaban J connectivity index is 1.33. The normalized spacial score (nSPS) is 40.3. The van der Waals surface area contributed by atoms with Gasteiger partial charge >= 0.3 is 11.9 Å². The molecular weight excluding hydrogens is 400 g/mol. The van der Waals surface area contributed by atoms with Crippen LogP contribution in [0, 0.1) is 28.6 Å². The lowest BCUT2D eigenvalue weighted by molar-refractivity contribution is -0.148. The monoisotopic (exact) mass is 436 g/mol. The predicted molar refractivity (Wildman–Crippen MR) is 123 cm³/mol. The van der Waals surface area contributed by atoms with Crippen molar-refractivity contribution in [2.45, 2.75) is 84.3 Å². The average molecular weight is 437 g/mol. The van der Waals surface area contributed by atoms with Gasteiger partial charge in [-0.15, -0.1) is 0 Å². The molecule has 32 heavy (non-hydrogen) atoms. The maximum atomic E-state index is 12.8. The first-order valence-corrected chi connectivity index (χ1v) is 12.4. The molecule has 3 saturated carbocycles. The van der Waals surface area contributed by atoms with Gasteiger partial charge in [0.1, 0.15) is 12.2 Å². The van der Waals surface area contributed by atoms with Crippen LogP contribution in [0.4, 0.5) is 0 Å². The number of esters is 2. The van der Waals surface area contributed by atoms with E-state index in [0.29, 0.717) is 23.3 Å². The van der Waals surface area contributed by atoms with Gasteiger partial charge in [-0.3, -0.25) is 4.79 Å². The lowest BCUT2D eigenvalue weighted by Crippen LogP contribution is -2.51. The standard InChI is InChI=1S/C28H36O4/c1-18(29)31-21-13-15-27(2)20(17-21)9-10-22-23-11-12-25(28(23,3)16-14-24(22)27)32-26(30)19-7-5-4-6-8-19/h4-9,21-25H,10-17H2,1-3H3/t21-,22+,23+,24+,25-,27-,28+/m0/s1. The van der Waals surface area contributed by atoms with Crippen molar-refractivity contribution in [3.05, 3.63) is 47.5 Å². The molecule has 4 aliphatic carbocycles. The van der Waals surface area contributed by atoms with Crippen LogP contribution >= 0.6 is 0 Å². The third kappa shape index (κ3) is 3.50. The summed E-state index contributed by atoms with van der Waals surface area (Å²) in [5, 5.41) is 0. The van der Waals surface area contributed by atoms with E-state index in [9.17, 15) is 9.59 Å². The summed E-state index contributed by atoms with van der Waals surface area (Å²) < 4.78 is 11.7. The van der Waals surface area contributed by atoms with Crippen molar-refractivity contribution < 1.29 is 19.1 Å². The smallest absolute Gasteiger partial charge is 0.338 e. The van der Waals surface area contributed by atoms with Crippen molar-refractivity contribution in [1.29, 1.82) is 0 Å². The van der Waals surface area contributed by atoms with Crippen LogP contribution in [0.5, 0.6) is 0 Å². The van der Waals surface area contributed by atoms with Gasteiger partial charge in [0.15, 0.2) is 0 Å². The van der Waals surface area contributed by atoms with Gasteiger partial charge in [0, 0.05) is 18.8 Å². The highest BCUT2D eigenvalue weighted by atomic mass is 16.5. The van der Waals surface area contributed by atoms with E-state index in [0.717, 1.165) is 44.9 Å². The summed E-state index contributed by atoms with van der Waals surface area (Å²) >= 11 is 0. The molecule has 3 fully saturated rings. The molecular formula is C28H36O4. The van der Waals surface area contributed by atoms with Gasteiger partial charge in [-0.25, -0.2) is 4.79 Å². The van der Waals surface area contributed by atoms with Crippen molar-refractivity contribution in [1.82, 2.24) is 0 Å². The van der Waals surface area contributed by atoms with Gasteiger partial charge < -0.3 is 9.47 Å². The Hall–Kier alpha value is -2.10. The molecule has 0 saturated heterocycles. The number of ether oxygens (including phenoxy) is 2. The zero-order chi connectivity index (χ0) is 22.5. The SMILES string of the molecule is CC(=O)O[C@H]1CC[C@@]2(C)C(=CC[C@@H]3[C@H]4CC[C@H](OC(=O)c5ccccc5)[C@]4(C)CC[C@H]32)C1. The van der Waals surface area contributed by atoms with Gasteiger partial charge in [0.25, 0.3) is 0 Å². The van der Waals surface area contributed by atoms with Crippen molar-refractivity contribution in [2.75, 3.05) is 0 Å². The van der Waals surface area contributed by atoms with Crippen LogP contribution in [0.3, 0.4) is 0 Å². The summed E-state index contributed by atoms with van der Waals surface area (Å²) in [5.74, 6) is 1.61. The average Bonchev–Trinajstić information content (AvgIpc) is 3.10. The molecule has 0 aliphatic heterocycles. The lowest BCUT2D eigenvalue weighted by Gasteiger charge is -2.57. The first-order chi connectivity index (χ1) is 15.3. The van der Waals surface area contributed by atoms with E-state index in [2.05, 4.69) is 19.9 Å². The van der Waals surface area contributed by atoms with Crippen LogP contribution in [0.1, 0.15) is 82.5 Å². The van der Waals surface area contributed by atoms with E-state index in [4.69, 9.17) is 9.47 Å². The molecule has 0 bridgehead atoms. The van der Waals surface area contributed by atoms with Crippen LogP contribution in [-0.4, -0.2) is 24.1 Å². The Morgan fingerprint density at radius 1 is 0.938 bits per heavy atom. The van der Waals surface area contributed by atoms with E-state index in [-0.39, 0.29) is 35.0 Å². The van der Waals surface area contributed by atoms with E-state index >= 15 is 0 Å². The number of allylic oxidation sites excluding steroid dienone is 1. The second-order valence-corrected chi connectivity index (χ2v) is 11.1. The summed E-state index contributed by atoms with van der Waals surface area (Å²) in [7, 11) is 0. The minimum atomic E-state index is -0.179. The highest BCUT2D eigenvalue weighted by molar-refractivity contribution is 5.89. The van der Waals surface area contributed by atoms with Gasteiger partial charge in [-0.1, -0.05) is 43.7 Å². The molecule has 1 aromatic rings. The predicted octanol–water partition coefficient (Wildman–Crippen LogP) is 6.11. The Morgan fingerprint density at radius 3 is 2.47 bits per heavy atom. The Kier molecular flexibility index (Phi) is 5.46. The van der Waals surface area contributed by atoms with Gasteiger partial charge in [-0.2, -0.15) is 0 Å². The van der Waals surface area contributed by atoms with Crippen LogP contribution in [-0.2, 0) is 14.3 Å². The number of benzene rings is 1. The number of carbonyl (C=O) groups is 2. The molecule has 0 N–H and O–H groups in total. The first kappa shape index (κ1) is 21.7. The lowest BCUT2D eigenvalue weighted by atomic mass is 9.48. The summed E-state index contributed by atoms with van der Waals surface area (Å²) in [6.45, 7) is 6.36. The molecule has 0 unspecified atom stereocenters. The summed E-state index contributed by atoms with van der Waals surface area (Å²) in [6.07, 6.45) is 11.1. The summed E-state index contributed by atoms with van der Waals surface area (Å²) in [6, 6.07) is 9.40. The zero-order valence-corrected chi connectivity index (χ0v) is 19.6. The second-order valence-electron chi connectivity index (χ2n) is 11.1. The van der Waals surface area contributed by atoms with E-state index in [1.54, 1.807) is 0 Å². The second kappa shape index (κ2) is 8.04. The van der Waals surface area contributed by atoms with Crippen molar-refractivity contribution in [3.8, 4) is 0 Å². The number of hydrogen-bond donors (Lipinski definition) is 0. The third-order valence-corrected chi connectivity index (χ3v) is 9.56. The summed E-state index contributed by atoms with van der Waals surface area (Å²) in [4.78, 5) is 24.2. The number of fused-ring (bicyclic) bond motifs is 5. The van der Waals surface area contributed by atoms with Gasteiger partial charge in [0.05, 0.1) is 5.56 Å². The number of hydrogen-bond acceptors (Lipinski definition) is 4. The van der Waals surface area contributed by atoms with Crippen LogP contribution in [0.25, 0.3) is 0 Å². The van der Waals surface area contributed by atoms with E-state index in [1.807, 2.05) is 30.3 Å². The number of rotatable bonds is 3. The molecule has 172 valence electrons. The van der Waals surface area contributed by atoms with Crippen LogP contribution in [0.2, 0.25) is 0 Å². The Bertz CT molecular complexity index is 921. The fourth-order valence-electron chi connectivity index (χ4n) is 7.88. The topological polar surface area (TPSA) is 52.6 Å². The van der Waals surface area contributed by atoms with Crippen LogP contribution < -0.4 is 0 Å². The van der Waals surface area contributed by atoms with E-state index in [1.165, 1.54) is 18.9 Å². The fraction of sp³-hybridized carbons (Fsp3) is 0.643. The molecule has 7 atom stereocenters. The largest absolute Gasteiger partial charge is 0.462 e. The summed E-state index contributed by atoms with van der Waals surface area (Å²) in [5.41, 5.74) is 2.46. The minimum absolute atomic E-state index is 0.0130. The molecule has 0 spiro atoms. The number of carbonyl (C=O) groups excluding carboxylic acids is 2. The Morgan fingerprint density at radius 2 is 1.72 bits per heavy atom. The molecule has 0 radical (unpaired) electrons. The minimum Gasteiger partial charge on any atom is -0.462 e. The molecule has 0 heterocycles. The molecule has 0 amide bonds. The molecule has 4 heteroatoms. The van der Waals surface area contributed by atoms with Crippen LogP contribution in [0.15, 0.2) is 42.0 Å². The van der Waals surface area contributed by atoms with Gasteiger partial charge in [0.2, 0.25) is 0 Å². The van der Waals surface area contributed by atoms with Crippen molar-refractivity contribution in [3.63, 3.8) is 0 Å². The van der Waals surface area contributed by atoms with Gasteiger partial charge in [-0.05, 0) is 80.2 Å². The fourth-order valence-corrected chi connectivity index (χ4v) is 7.88. The quantitative estimate of drug-likeness (QED) is 0.424. The molecule has 4 nitrogen and oxygen atoms in total. The zero-order valence-electron chi connectivity index (χ0n) is 19.6. The molecule has 0 aromatic heterocycles. The molecule has 1 aromatic carbocycles. The third-order valence-electron chi connectivity index (χ3n) is 9.56. The first-order valence-electron chi connectivity index (χ1n) is 12.4. The maximum absolute atomic E-state index is 12.8. The Labute approximate surface area is 191 Å². The maximum Gasteiger partial charge on any atom is 0.338 e. The van der Waals surface area contributed by atoms with E-state index < -0.39 is 0 Å². The highest BCUT2D eigenvalue weighted by Gasteiger charge is 2.59. The van der Waals surface area contributed by atoms with Crippen molar-refractivity contribution in [2.24, 2.45) is 28.6 Å². The molecule has 5 rings (SSSR count). The highest BCUT2D eigenvalue weighted by Crippen LogP contribution is 2.65. The van der Waals surface area contributed by atoms with Crippen molar-refractivity contribution >= 4 is 11.9 Å².